The number of benzene rings is 4. The van der Waals surface area contributed by atoms with Gasteiger partial charge in [0.15, 0.2) is 11.5 Å². The van der Waals surface area contributed by atoms with Crippen molar-refractivity contribution in [3.63, 3.8) is 0 Å². The van der Waals surface area contributed by atoms with Crippen LogP contribution in [0.2, 0.25) is 0 Å². The van der Waals surface area contributed by atoms with Crippen LogP contribution in [0.3, 0.4) is 0 Å². The van der Waals surface area contributed by atoms with E-state index >= 15 is 0 Å². The molecule has 4 nitrogen and oxygen atoms in total. The molecule has 0 aliphatic heterocycles. The standard InChI is InChI=1S/C28H20BrNO3/c1-32-26-16-19(14-23(17-30)27(31)21-9-3-2-4-10-21)15-25(29)28(26)33-18-22-12-7-11-20-8-5-6-13-24(20)22/h2-16H,18H2,1H3. The van der Waals surface area contributed by atoms with Crippen molar-refractivity contribution in [2.24, 2.45) is 0 Å². The van der Waals surface area contributed by atoms with Gasteiger partial charge in [-0.15, -0.1) is 0 Å². The van der Waals surface area contributed by atoms with Gasteiger partial charge in [-0.25, -0.2) is 0 Å². The fraction of sp³-hybridized carbons (Fsp3) is 0.0714. The summed E-state index contributed by atoms with van der Waals surface area (Å²) in [6.45, 7) is 0.363. The summed E-state index contributed by atoms with van der Waals surface area (Å²) in [6.07, 6.45) is 1.55. The van der Waals surface area contributed by atoms with Gasteiger partial charge in [-0.05, 0) is 56.0 Å². The van der Waals surface area contributed by atoms with Crippen LogP contribution in [0.15, 0.2) is 95.0 Å². The predicted octanol–water partition coefficient (Wildman–Crippen LogP) is 6.98. The third-order valence-corrected chi connectivity index (χ3v) is 5.80. The van der Waals surface area contributed by atoms with Crippen LogP contribution in [0.5, 0.6) is 11.5 Å². The van der Waals surface area contributed by atoms with Gasteiger partial charge in [0.25, 0.3) is 0 Å². The first-order valence-corrected chi connectivity index (χ1v) is 11.1. The maximum Gasteiger partial charge on any atom is 0.203 e. The van der Waals surface area contributed by atoms with E-state index in [1.165, 1.54) is 0 Å². The Hall–Kier alpha value is -3.88. The summed E-state index contributed by atoms with van der Waals surface area (Å²) >= 11 is 3.55. The number of methoxy groups -OCH3 is 1. The van der Waals surface area contributed by atoms with Crippen LogP contribution in [0, 0.1) is 11.3 Å². The molecule has 0 aliphatic rings. The summed E-state index contributed by atoms with van der Waals surface area (Å²) in [7, 11) is 1.56. The monoisotopic (exact) mass is 497 g/mol. The number of ether oxygens (including phenoxy) is 2. The van der Waals surface area contributed by atoms with Crippen molar-refractivity contribution in [2.75, 3.05) is 7.11 Å². The van der Waals surface area contributed by atoms with Gasteiger partial charge in [-0.1, -0.05) is 72.8 Å². The molecule has 5 heteroatoms. The molecule has 0 N–H and O–H groups in total. The number of Topliss-reactive ketones (excluding diaryl/α,β-unsaturated/α-hetero) is 1. The van der Waals surface area contributed by atoms with Gasteiger partial charge in [0.2, 0.25) is 5.78 Å². The number of fused-ring (bicyclic) bond motifs is 1. The number of ketones is 1. The van der Waals surface area contributed by atoms with Crippen molar-refractivity contribution in [1.82, 2.24) is 0 Å². The summed E-state index contributed by atoms with van der Waals surface area (Å²) in [5.74, 6) is 0.722. The molecule has 33 heavy (non-hydrogen) atoms. The Morgan fingerprint density at radius 2 is 1.73 bits per heavy atom. The average Bonchev–Trinajstić information content (AvgIpc) is 2.86. The first-order valence-electron chi connectivity index (χ1n) is 10.3. The first-order chi connectivity index (χ1) is 16.1. The fourth-order valence-corrected chi connectivity index (χ4v) is 4.17. The van der Waals surface area contributed by atoms with Gasteiger partial charge >= 0.3 is 0 Å². The minimum atomic E-state index is -0.329. The number of carbonyl (C=O) groups excluding carboxylic acids is 1. The van der Waals surface area contributed by atoms with E-state index in [9.17, 15) is 10.1 Å². The van der Waals surface area contributed by atoms with Crippen LogP contribution in [0.4, 0.5) is 0 Å². The Balaban J connectivity index is 1.62. The molecular weight excluding hydrogens is 478 g/mol. The number of halogens is 1. The molecule has 0 spiro atoms. The third kappa shape index (κ3) is 4.97. The smallest absolute Gasteiger partial charge is 0.203 e. The van der Waals surface area contributed by atoms with E-state index < -0.39 is 0 Å². The molecule has 0 aliphatic carbocycles. The van der Waals surface area contributed by atoms with Crippen molar-refractivity contribution in [3.8, 4) is 17.6 Å². The number of carbonyl (C=O) groups is 1. The summed E-state index contributed by atoms with van der Waals surface area (Å²) in [6, 6.07) is 28.6. The Bertz CT molecular complexity index is 1380. The topological polar surface area (TPSA) is 59.3 Å². The molecule has 4 aromatic rings. The lowest BCUT2D eigenvalue weighted by Gasteiger charge is -2.15. The summed E-state index contributed by atoms with van der Waals surface area (Å²) in [4.78, 5) is 12.7. The second kappa shape index (κ2) is 10.2. The number of nitriles is 1. The quantitative estimate of drug-likeness (QED) is 0.157. The van der Waals surface area contributed by atoms with Crippen molar-refractivity contribution >= 4 is 38.6 Å². The van der Waals surface area contributed by atoms with Crippen LogP contribution >= 0.6 is 15.9 Å². The number of hydrogen-bond donors (Lipinski definition) is 0. The molecule has 4 aromatic carbocycles. The zero-order valence-electron chi connectivity index (χ0n) is 17.9. The highest BCUT2D eigenvalue weighted by atomic mass is 79.9. The van der Waals surface area contributed by atoms with Crippen LogP contribution in [0.1, 0.15) is 21.5 Å². The third-order valence-electron chi connectivity index (χ3n) is 5.22. The van der Waals surface area contributed by atoms with Crippen molar-refractivity contribution < 1.29 is 14.3 Å². The van der Waals surface area contributed by atoms with Gasteiger partial charge in [-0.3, -0.25) is 4.79 Å². The molecule has 0 bridgehead atoms. The zero-order valence-corrected chi connectivity index (χ0v) is 19.5. The molecule has 0 unspecified atom stereocenters. The number of nitrogens with zero attached hydrogens (tertiary/aromatic N) is 1. The van der Waals surface area contributed by atoms with Crippen LogP contribution in [0.25, 0.3) is 16.8 Å². The number of hydrogen-bond acceptors (Lipinski definition) is 4. The number of allylic oxidation sites excluding steroid dienone is 1. The van der Waals surface area contributed by atoms with E-state index in [2.05, 4.69) is 34.1 Å². The molecule has 0 radical (unpaired) electrons. The highest BCUT2D eigenvalue weighted by Crippen LogP contribution is 2.38. The average molecular weight is 498 g/mol. The van der Waals surface area contributed by atoms with Crippen LogP contribution in [-0.2, 0) is 6.61 Å². The predicted molar refractivity (Wildman–Crippen MR) is 133 cm³/mol. The molecule has 0 saturated heterocycles. The lowest BCUT2D eigenvalue weighted by molar-refractivity contribution is 0.104. The highest BCUT2D eigenvalue weighted by molar-refractivity contribution is 9.10. The SMILES string of the molecule is COc1cc(C=C(C#N)C(=O)c2ccccc2)cc(Br)c1OCc1cccc2ccccc12. The summed E-state index contributed by atoms with van der Waals surface area (Å²) in [5.41, 5.74) is 2.22. The van der Waals surface area contributed by atoms with Crippen molar-refractivity contribution in [3.05, 3.63) is 112 Å². The van der Waals surface area contributed by atoms with Gasteiger partial charge in [0.1, 0.15) is 18.2 Å². The Morgan fingerprint density at radius 3 is 2.48 bits per heavy atom. The van der Waals surface area contributed by atoms with Gasteiger partial charge in [0, 0.05) is 5.56 Å². The second-order valence-electron chi connectivity index (χ2n) is 7.33. The molecular formula is C28H20BrNO3. The summed E-state index contributed by atoms with van der Waals surface area (Å²) in [5, 5.41) is 11.8. The molecule has 0 aromatic heterocycles. The molecule has 0 amide bonds. The van der Waals surface area contributed by atoms with E-state index in [0.29, 0.717) is 33.7 Å². The highest BCUT2D eigenvalue weighted by Gasteiger charge is 2.15. The van der Waals surface area contributed by atoms with E-state index in [-0.39, 0.29) is 11.4 Å². The molecule has 4 rings (SSSR count). The van der Waals surface area contributed by atoms with Gasteiger partial charge in [0.05, 0.1) is 11.6 Å². The van der Waals surface area contributed by atoms with Crippen LogP contribution in [-0.4, -0.2) is 12.9 Å². The lowest BCUT2D eigenvalue weighted by atomic mass is 10.0. The second-order valence-corrected chi connectivity index (χ2v) is 8.18. The Kier molecular flexibility index (Phi) is 6.87. The molecule has 0 saturated carbocycles. The molecule has 0 fully saturated rings. The molecule has 0 heterocycles. The maximum absolute atomic E-state index is 12.7. The largest absolute Gasteiger partial charge is 0.493 e. The number of rotatable bonds is 7. The van der Waals surface area contributed by atoms with Gasteiger partial charge < -0.3 is 9.47 Å². The van der Waals surface area contributed by atoms with Crippen LogP contribution < -0.4 is 9.47 Å². The van der Waals surface area contributed by atoms with Crippen molar-refractivity contribution in [2.45, 2.75) is 6.61 Å². The minimum Gasteiger partial charge on any atom is -0.493 e. The fourth-order valence-electron chi connectivity index (χ4n) is 3.59. The Labute approximate surface area is 200 Å². The van der Waals surface area contributed by atoms with Gasteiger partial charge in [-0.2, -0.15) is 5.26 Å². The first kappa shape index (κ1) is 22.3. The van der Waals surface area contributed by atoms with E-state index in [4.69, 9.17) is 9.47 Å². The van der Waals surface area contributed by atoms with E-state index in [1.54, 1.807) is 49.6 Å². The van der Waals surface area contributed by atoms with E-state index in [0.717, 1.165) is 16.3 Å². The zero-order chi connectivity index (χ0) is 23.2. The van der Waals surface area contributed by atoms with E-state index in [1.807, 2.05) is 36.4 Å². The molecule has 162 valence electrons. The molecule has 0 atom stereocenters. The maximum atomic E-state index is 12.7. The Morgan fingerprint density at radius 1 is 1.00 bits per heavy atom. The summed E-state index contributed by atoms with van der Waals surface area (Å²) < 4.78 is 12.3. The minimum absolute atomic E-state index is 0.0413. The van der Waals surface area contributed by atoms with Crippen molar-refractivity contribution in [1.29, 1.82) is 5.26 Å². The normalized spacial score (nSPS) is 11.1. The lowest BCUT2D eigenvalue weighted by Crippen LogP contribution is -2.02.